The molecular weight excluding hydrogens is 291 g/mol. The van der Waals surface area contributed by atoms with Gasteiger partial charge in [-0.2, -0.15) is 13.2 Å². The number of hydrogen-bond donors (Lipinski definition) is 0. The van der Waals surface area contributed by atoms with E-state index in [2.05, 4.69) is 0 Å². The van der Waals surface area contributed by atoms with Crippen molar-refractivity contribution in [3.63, 3.8) is 0 Å². The van der Waals surface area contributed by atoms with E-state index in [1.807, 2.05) is 0 Å². The molecule has 3 rings (SSSR count). The number of hydrogen-bond acceptors (Lipinski definition) is 1. The molecule has 0 aromatic heterocycles. The maximum atomic E-state index is 13.5. The van der Waals surface area contributed by atoms with E-state index in [0.29, 0.717) is 11.3 Å². The van der Waals surface area contributed by atoms with Crippen molar-refractivity contribution in [2.24, 2.45) is 0 Å². The summed E-state index contributed by atoms with van der Waals surface area (Å²) in [6.45, 7) is 1.34. The van der Waals surface area contributed by atoms with Gasteiger partial charge >= 0.3 is 6.18 Å². The van der Waals surface area contributed by atoms with Gasteiger partial charge in [0.25, 0.3) is 0 Å². The number of allylic oxidation sites excluding steroid dienone is 1. The summed E-state index contributed by atoms with van der Waals surface area (Å²) >= 11 is 0. The largest absolute Gasteiger partial charge is 0.417 e. The summed E-state index contributed by atoms with van der Waals surface area (Å²) in [4.78, 5) is 13.4. The summed E-state index contributed by atoms with van der Waals surface area (Å²) in [5.41, 5.74) is 0.298. The van der Waals surface area contributed by atoms with Crippen LogP contribution < -0.4 is 4.90 Å². The first-order chi connectivity index (χ1) is 10.4. The van der Waals surface area contributed by atoms with E-state index in [4.69, 9.17) is 0 Å². The van der Waals surface area contributed by atoms with Crippen molar-refractivity contribution in [3.05, 3.63) is 59.7 Å². The highest BCUT2D eigenvalue weighted by Gasteiger charge is 2.38. The molecule has 2 aromatic rings. The van der Waals surface area contributed by atoms with E-state index in [1.54, 1.807) is 30.3 Å². The lowest BCUT2D eigenvalue weighted by molar-refractivity contribution is -0.115. The third-order valence-corrected chi connectivity index (χ3v) is 3.53. The van der Waals surface area contributed by atoms with Crippen LogP contribution in [0.4, 0.5) is 24.5 Å². The lowest BCUT2D eigenvalue weighted by Crippen LogP contribution is -2.24. The van der Waals surface area contributed by atoms with Crippen LogP contribution in [0.15, 0.2) is 48.5 Å². The van der Waals surface area contributed by atoms with Crippen molar-refractivity contribution in [2.75, 3.05) is 4.90 Å². The molecule has 112 valence electrons. The van der Waals surface area contributed by atoms with Crippen LogP contribution in [0.5, 0.6) is 0 Å². The van der Waals surface area contributed by atoms with Gasteiger partial charge in [0.1, 0.15) is 0 Å². The Labute approximate surface area is 125 Å². The second kappa shape index (κ2) is 5.02. The maximum absolute atomic E-state index is 13.5. The Kier molecular flexibility index (Phi) is 3.28. The lowest BCUT2D eigenvalue weighted by Gasteiger charge is -2.24. The van der Waals surface area contributed by atoms with Crippen LogP contribution in [-0.2, 0) is 4.79 Å². The van der Waals surface area contributed by atoms with Crippen LogP contribution in [0, 0.1) is 0 Å². The van der Waals surface area contributed by atoms with Crippen LogP contribution in [0.25, 0.3) is 11.6 Å². The fourth-order valence-electron chi connectivity index (χ4n) is 2.65. The molecule has 2 aromatic carbocycles. The predicted octanol–water partition coefficient (Wildman–Crippen LogP) is 4.79. The molecule has 1 amide bonds. The van der Waals surface area contributed by atoms with Crippen LogP contribution in [0.1, 0.15) is 18.1 Å². The number of rotatable bonds is 0. The average Bonchev–Trinajstić information content (AvgIpc) is 2.60. The zero-order chi connectivity index (χ0) is 15.9. The Bertz CT molecular complexity index is 777. The second-order valence-electron chi connectivity index (χ2n) is 4.99. The van der Waals surface area contributed by atoms with Gasteiger partial charge in [-0.15, -0.1) is 0 Å². The number of benzene rings is 2. The van der Waals surface area contributed by atoms with Gasteiger partial charge in [-0.25, -0.2) is 0 Å². The van der Waals surface area contributed by atoms with E-state index in [-0.39, 0.29) is 17.2 Å². The molecule has 0 radical (unpaired) electrons. The van der Waals surface area contributed by atoms with Gasteiger partial charge in [0.05, 0.1) is 16.9 Å². The van der Waals surface area contributed by atoms with Crippen LogP contribution >= 0.6 is 0 Å². The predicted molar refractivity (Wildman–Crippen MR) is 79.6 cm³/mol. The average molecular weight is 303 g/mol. The number of halogens is 3. The van der Waals surface area contributed by atoms with Gasteiger partial charge in [0.15, 0.2) is 0 Å². The molecule has 0 fully saturated rings. The molecule has 1 aliphatic heterocycles. The molecule has 0 atom stereocenters. The fraction of sp³-hybridized carbons (Fsp3) is 0.118. The number of alkyl halides is 3. The minimum absolute atomic E-state index is 0.00130. The fourth-order valence-corrected chi connectivity index (χ4v) is 2.65. The second-order valence-corrected chi connectivity index (χ2v) is 4.99. The highest BCUT2D eigenvalue weighted by atomic mass is 19.4. The van der Waals surface area contributed by atoms with Gasteiger partial charge in [-0.05, 0) is 23.8 Å². The first-order valence-electron chi connectivity index (χ1n) is 6.67. The molecule has 0 saturated heterocycles. The van der Waals surface area contributed by atoms with Crippen molar-refractivity contribution in [1.82, 2.24) is 0 Å². The Balaban J connectivity index is 2.39. The van der Waals surface area contributed by atoms with E-state index in [1.165, 1.54) is 30.0 Å². The van der Waals surface area contributed by atoms with Crippen molar-refractivity contribution in [1.29, 1.82) is 0 Å². The minimum atomic E-state index is -4.50. The monoisotopic (exact) mass is 303 g/mol. The smallest absolute Gasteiger partial charge is 0.280 e. The summed E-state index contributed by atoms with van der Waals surface area (Å²) in [6.07, 6.45) is -3.41. The summed E-state index contributed by atoms with van der Waals surface area (Å²) in [7, 11) is 0. The van der Waals surface area contributed by atoms with Crippen molar-refractivity contribution in [2.45, 2.75) is 13.1 Å². The summed E-state index contributed by atoms with van der Waals surface area (Å²) in [5.74, 6) is -0.336. The standard InChI is InChI=1S/C17H12F3NO/c1-11(22)21-15-8-4-2-6-12(15)10-14(17(18,19)20)13-7-3-5-9-16(13)21/h2-10H,1H3. The number of carbonyl (C=O) groups excluding carboxylic acids is 1. The molecule has 5 heteroatoms. The Morgan fingerprint density at radius 1 is 0.955 bits per heavy atom. The molecule has 0 spiro atoms. The number of fused-ring (bicyclic) bond motifs is 2. The van der Waals surface area contributed by atoms with E-state index in [0.717, 1.165) is 6.08 Å². The van der Waals surface area contributed by atoms with E-state index >= 15 is 0 Å². The number of anilines is 2. The van der Waals surface area contributed by atoms with Crippen molar-refractivity contribution < 1.29 is 18.0 Å². The Morgan fingerprint density at radius 3 is 2.18 bits per heavy atom. The van der Waals surface area contributed by atoms with Crippen LogP contribution in [0.3, 0.4) is 0 Å². The van der Waals surface area contributed by atoms with E-state index < -0.39 is 11.7 Å². The van der Waals surface area contributed by atoms with Gasteiger partial charge in [0.2, 0.25) is 5.91 Å². The highest BCUT2D eigenvalue weighted by Crippen LogP contribution is 2.45. The lowest BCUT2D eigenvalue weighted by atomic mass is 10.0. The molecule has 1 aliphatic rings. The zero-order valence-corrected chi connectivity index (χ0v) is 11.7. The molecule has 22 heavy (non-hydrogen) atoms. The molecule has 0 saturated carbocycles. The third kappa shape index (κ3) is 2.28. The van der Waals surface area contributed by atoms with Crippen molar-refractivity contribution in [3.8, 4) is 0 Å². The van der Waals surface area contributed by atoms with Gasteiger partial charge in [0, 0.05) is 12.5 Å². The molecule has 0 unspecified atom stereocenters. The summed E-state index contributed by atoms with van der Waals surface area (Å²) in [6, 6.07) is 12.6. The molecule has 2 nitrogen and oxygen atoms in total. The van der Waals surface area contributed by atoms with Gasteiger partial charge < -0.3 is 0 Å². The normalized spacial score (nSPS) is 13.8. The number of carbonyl (C=O) groups is 1. The Morgan fingerprint density at radius 2 is 1.55 bits per heavy atom. The van der Waals surface area contributed by atoms with Crippen LogP contribution in [-0.4, -0.2) is 12.1 Å². The Hall–Kier alpha value is -2.56. The summed E-state index contributed by atoms with van der Waals surface area (Å²) in [5, 5.41) is 0. The van der Waals surface area contributed by atoms with Crippen LogP contribution in [0.2, 0.25) is 0 Å². The first kappa shape index (κ1) is 14.4. The number of amides is 1. The van der Waals surface area contributed by atoms with Gasteiger partial charge in [-0.1, -0.05) is 36.4 Å². The quantitative estimate of drug-likeness (QED) is 0.685. The highest BCUT2D eigenvalue weighted by molar-refractivity contribution is 6.07. The number of para-hydroxylation sites is 2. The SMILES string of the molecule is CC(=O)N1c2ccccc2C=C(C(F)(F)F)c2ccccc21. The third-order valence-electron chi connectivity index (χ3n) is 3.53. The van der Waals surface area contributed by atoms with Crippen molar-refractivity contribution >= 4 is 28.9 Å². The summed E-state index contributed by atoms with van der Waals surface area (Å²) < 4.78 is 40.4. The first-order valence-corrected chi connectivity index (χ1v) is 6.67. The molecule has 0 aliphatic carbocycles. The molecular formula is C17H12F3NO. The van der Waals surface area contributed by atoms with Gasteiger partial charge in [-0.3, -0.25) is 9.69 Å². The molecule has 0 bridgehead atoms. The maximum Gasteiger partial charge on any atom is 0.417 e. The molecule has 0 N–H and O–H groups in total. The zero-order valence-electron chi connectivity index (χ0n) is 11.7. The minimum Gasteiger partial charge on any atom is -0.280 e. The van der Waals surface area contributed by atoms with E-state index in [9.17, 15) is 18.0 Å². The number of nitrogens with zero attached hydrogens (tertiary/aromatic N) is 1. The topological polar surface area (TPSA) is 20.3 Å². The molecule has 1 heterocycles.